The van der Waals surface area contributed by atoms with Gasteiger partial charge in [-0.05, 0) is 37.0 Å². The van der Waals surface area contributed by atoms with Gasteiger partial charge in [-0.1, -0.05) is 32.4 Å². The van der Waals surface area contributed by atoms with Crippen LogP contribution in [0.5, 0.6) is 0 Å². The van der Waals surface area contributed by atoms with Crippen LogP contribution in [0.15, 0.2) is 18.2 Å². The van der Waals surface area contributed by atoms with E-state index in [1.165, 1.54) is 28.8 Å². The minimum absolute atomic E-state index is 0.0533. The van der Waals surface area contributed by atoms with Crippen molar-refractivity contribution >= 4 is 17.6 Å². The van der Waals surface area contributed by atoms with Crippen molar-refractivity contribution in [2.24, 2.45) is 5.92 Å². The Morgan fingerprint density at radius 3 is 2.52 bits per heavy atom. The van der Waals surface area contributed by atoms with Crippen molar-refractivity contribution in [1.82, 2.24) is 5.32 Å². The molecule has 1 aliphatic heterocycles. The number of hydrogen-bond acceptors (Lipinski definition) is 4. The van der Waals surface area contributed by atoms with Gasteiger partial charge in [-0.15, -0.1) is 0 Å². The summed E-state index contributed by atoms with van der Waals surface area (Å²) in [5.74, 6) is -0.397. The highest BCUT2D eigenvalue weighted by atomic mass is 16.5. The fourth-order valence-corrected chi connectivity index (χ4v) is 3.57. The van der Waals surface area contributed by atoms with Crippen molar-refractivity contribution in [3.63, 3.8) is 0 Å². The van der Waals surface area contributed by atoms with Gasteiger partial charge in [0.2, 0.25) is 0 Å². The van der Waals surface area contributed by atoms with Crippen molar-refractivity contribution in [1.29, 1.82) is 0 Å². The second kappa shape index (κ2) is 9.74. The van der Waals surface area contributed by atoms with Gasteiger partial charge in [0.15, 0.2) is 6.54 Å². The van der Waals surface area contributed by atoms with Crippen molar-refractivity contribution in [3.8, 4) is 0 Å². The molecular formula is C21H34N3O3+. The highest BCUT2D eigenvalue weighted by Gasteiger charge is 2.29. The molecule has 2 N–H and O–H groups in total. The number of quaternary nitrogens is 1. The topological polar surface area (TPSA) is 63.1 Å². The lowest BCUT2D eigenvalue weighted by Gasteiger charge is -2.34. The second-order valence-corrected chi connectivity index (χ2v) is 7.59. The maximum Gasteiger partial charge on any atom is 0.328 e. The molecule has 2 rings (SSSR count). The lowest BCUT2D eigenvalue weighted by Crippen LogP contribution is -3.16. The third-order valence-electron chi connectivity index (χ3n) is 5.78. The summed E-state index contributed by atoms with van der Waals surface area (Å²) in [5, 5.41) is 2.88. The number of nitrogens with one attached hydrogen (secondary N) is 2. The van der Waals surface area contributed by atoms with E-state index in [2.05, 4.69) is 42.3 Å². The van der Waals surface area contributed by atoms with Gasteiger partial charge in [0, 0.05) is 5.69 Å². The van der Waals surface area contributed by atoms with E-state index in [0.717, 1.165) is 32.6 Å². The van der Waals surface area contributed by atoms with Crippen LogP contribution in [0.2, 0.25) is 0 Å². The van der Waals surface area contributed by atoms with Crippen LogP contribution in [0.25, 0.3) is 0 Å². The molecule has 0 aliphatic carbocycles. The minimum atomic E-state index is -0.567. The number of esters is 1. The number of rotatable bonds is 7. The molecule has 0 unspecified atom stereocenters. The van der Waals surface area contributed by atoms with Gasteiger partial charge in [0.25, 0.3) is 5.91 Å². The van der Waals surface area contributed by atoms with Crippen LogP contribution in [-0.4, -0.2) is 57.8 Å². The van der Waals surface area contributed by atoms with Crippen molar-refractivity contribution in [2.75, 3.05) is 44.7 Å². The standard InChI is InChI=1S/C21H33N3O3/c1-6-15(2)20(21(26)27-5)22-19(25)14-23-10-12-24(13-11-23)18-9-7-8-16(3)17(18)4/h7-9,15,20H,6,10-14H2,1-5H3,(H,22,25)/p+1/t15-,20+/m0/s1. The zero-order valence-corrected chi connectivity index (χ0v) is 17.3. The summed E-state index contributed by atoms with van der Waals surface area (Å²) in [5.41, 5.74) is 3.93. The van der Waals surface area contributed by atoms with E-state index < -0.39 is 6.04 Å². The fraction of sp³-hybridized carbons (Fsp3) is 0.619. The Kier molecular flexibility index (Phi) is 7.66. The molecule has 1 heterocycles. The molecule has 6 nitrogen and oxygen atoms in total. The Morgan fingerprint density at radius 2 is 1.93 bits per heavy atom. The summed E-state index contributed by atoms with van der Waals surface area (Å²) in [7, 11) is 1.36. The van der Waals surface area contributed by atoms with Crippen LogP contribution in [-0.2, 0) is 14.3 Å². The Labute approximate surface area is 162 Å². The summed E-state index contributed by atoms with van der Waals surface area (Å²) in [4.78, 5) is 28.1. The van der Waals surface area contributed by atoms with Crippen LogP contribution < -0.4 is 15.1 Å². The first kappa shape index (κ1) is 21.2. The summed E-state index contributed by atoms with van der Waals surface area (Å²) < 4.78 is 4.84. The number of carbonyl (C=O) groups is 2. The number of nitrogens with zero attached hydrogens (tertiary/aromatic N) is 1. The fourth-order valence-electron chi connectivity index (χ4n) is 3.57. The first-order valence-electron chi connectivity index (χ1n) is 9.89. The molecule has 1 saturated heterocycles. The Morgan fingerprint density at radius 1 is 1.26 bits per heavy atom. The average Bonchev–Trinajstić information content (AvgIpc) is 2.67. The molecule has 6 heteroatoms. The lowest BCUT2D eigenvalue weighted by molar-refractivity contribution is -0.892. The van der Waals surface area contributed by atoms with Crippen molar-refractivity contribution in [2.45, 2.75) is 40.2 Å². The maximum atomic E-state index is 12.5. The molecule has 27 heavy (non-hydrogen) atoms. The van der Waals surface area contributed by atoms with Crippen LogP contribution in [0.3, 0.4) is 0 Å². The first-order valence-corrected chi connectivity index (χ1v) is 9.89. The first-order chi connectivity index (χ1) is 12.9. The maximum absolute atomic E-state index is 12.5. The van der Waals surface area contributed by atoms with Crippen LogP contribution in [0, 0.1) is 19.8 Å². The zero-order valence-electron chi connectivity index (χ0n) is 17.3. The lowest BCUT2D eigenvalue weighted by atomic mass is 9.99. The van der Waals surface area contributed by atoms with Crippen LogP contribution in [0.1, 0.15) is 31.4 Å². The molecule has 1 aliphatic rings. The molecule has 1 fully saturated rings. The van der Waals surface area contributed by atoms with Crippen molar-refractivity contribution in [3.05, 3.63) is 29.3 Å². The van der Waals surface area contributed by atoms with Gasteiger partial charge >= 0.3 is 5.97 Å². The quantitative estimate of drug-likeness (QED) is 0.688. The van der Waals surface area contributed by atoms with Gasteiger partial charge < -0.3 is 19.9 Å². The van der Waals surface area contributed by atoms with Gasteiger partial charge in [-0.2, -0.15) is 0 Å². The monoisotopic (exact) mass is 376 g/mol. The smallest absolute Gasteiger partial charge is 0.328 e. The van der Waals surface area contributed by atoms with Gasteiger partial charge in [-0.25, -0.2) is 4.79 Å². The molecule has 0 spiro atoms. The zero-order chi connectivity index (χ0) is 20.0. The number of methoxy groups -OCH3 is 1. The van der Waals surface area contributed by atoms with E-state index in [0.29, 0.717) is 6.54 Å². The number of benzene rings is 1. The number of carbonyl (C=O) groups excluding carboxylic acids is 2. The van der Waals surface area contributed by atoms with Gasteiger partial charge in [0.05, 0.1) is 33.3 Å². The molecule has 0 bridgehead atoms. The molecule has 1 aromatic rings. The van der Waals surface area contributed by atoms with Crippen LogP contribution >= 0.6 is 0 Å². The second-order valence-electron chi connectivity index (χ2n) is 7.59. The molecule has 0 saturated carbocycles. The molecule has 1 amide bonds. The number of hydrogen-bond donors (Lipinski definition) is 2. The largest absolute Gasteiger partial charge is 0.467 e. The summed E-state index contributed by atoms with van der Waals surface area (Å²) >= 11 is 0. The van der Waals surface area contributed by atoms with E-state index in [4.69, 9.17) is 4.74 Å². The molecule has 2 atom stereocenters. The third kappa shape index (κ3) is 5.45. The molecular weight excluding hydrogens is 342 g/mol. The molecule has 0 aromatic heterocycles. The normalized spacial score (nSPS) is 17.3. The SMILES string of the molecule is CC[C@H](C)[C@@H](NC(=O)C[NH+]1CCN(c2cccc(C)c2C)CC1)C(=O)OC. The van der Waals surface area contributed by atoms with Gasteiger partial charge in [-0.3, -0.25) is 4.79 Å². The highest BCUT2D eigenvalue weighted by molar-refractivity contribution is 5.85. The Hall–Kier alpha value is -2.08. The van der Waals surface area contributed by atoms with E-state index in [1.54, 1.807) is 0 Å². The predicted octanol–water partition coefficient (Wildman–Crippen LogP) is 0.712. The molecule has 0 radical (unpaired) electrons. The number of amides is 1. The highest BCUT2D eigenvalue weighted by Crippen LogP contribution is 2.22. The molecule has 150 valence electrons. The number of piperazine rings is 1. The number of ether oxygens (including phenoxy) is 1. The summed E-state index contributed by atoms with van der Waals surface area (Å²) in [6, 6.07) is 5.85. The Balaban J connectivity index is 1.88. The van der Waals surface area contributed by atoms with E-state index in [1.807, 2.05) is 13.8 Å². The summed E-state index contributed by atoms with van der Waals surface area (Å²) in [6.45, 7) is 12.3. The Bertz CT molecular complexity index is 654. The van der Waals surface area contributed by atoms with Gasteiger partial charge in [0.1, 0.15) is 6.04 Å². The third-order valence-corrected chi connectivity index (χ3v) is 5.78. The summed E-state index contributed by atoms with van der Waals surface area (Å²) in [6.07, 6.45) is 0.807. The number of anilines is 1. The molecule has 1 aromatic carbocycles. The van der Waals surface area contributed by atoms with Crippen LogP contribution in [0.4, 0.5) is 5.69 Å². The number of aryl methyl sites for hydroxylation is 1. The van der Waals surface area contributed by atoms with Crippen molar-refractivity contribution < 1.29 is 19.2 Å². The average molecular weight is 377 g/mol. The van der Waals surface area contributed by atoms with E-state index in [9.17, 15) is 9.59 Å². The van der Waals surface area contributed by atoms with E-state index >= 15 is 0 Å². The minimum Gasteiger partial charge on any atom is -0.467 e. The predicted molar refractivity (Wildman–Crippen MR) is 107 cm³/mol. The van der Waals surface area contributed by atoms with E-state index in [-0.39, 0.29) is 17.8 Å².